The van der Waals surface area contributed by atoms with Crippen LogP contribution in [0.1, 0.15) is 24.1 Å². The first-order valence-electron chi connectivity index (χ1n) is 7.45. The van der Waals surface area contributed by atoms with E-state index >= 15 is 0 Å². The lowest BCUT2D eigenvalue weighted by Gasteiger charge is -2.03. The van der Waals surface area contributed by atoms with Gasteiger partial charge in [-0.3, -0.25) is 0 Å². The monoisotopic (exact) mass is 329 g/mol. The van der Waals surface area contributed by atoms with E-state index in [0.717, 1.165) is 23.2 Å². The van der Waals surface area contributed by atoms with Gasteiger partial charge in [-0.1, -0.05) is 41.6 Å². The Morgan fingerprint density at radius 2 is 2.04 bits per heavy atom. The molecular weight excluding hydrogens is 310 g/mol. The molecule has 1 atom stereocenters. The second kappa shape index (κ2) is 6.95. The topological polar surface area (TPSA) is 69.6 Å². The number of thioether (sulfide) groups is 1. The van der Waals surface area contributed by atoms with Crippen LogP contribution >= 0.6 is 11.8 Å². The number of rotatable bonds is 6. The minimum atomic E-state index is 0.554. The quantitative estimate of drug-likeness (QED) is 0.692. The molecule has 0 amide bonds. The van der Waals surface area contributed by atoms with Crippen LogP contribution in [-0.4, -0.2) is 36.6 Å². The van der Waals surface area contributed by atoms with E-state index in [-0.39, 0.29) is 0 Å². The van der Waals surface area contributed by atoms with Gasteiger partial charge in [-0.05, 0) is 11.8 Å². The summed E-state index contributed by atoms with van der Waals surface area (Å²) in [4.78, 5) is 4.23. The molecule has 0 bridgehead atoms. The molecule has 3 aromatic rings. The van der Waals surface area contributed by atoms with Crippen LogP contribution in [0, 0.1) is 6.92 Å². The van der Waals surface area contributed by atoms with E-state index in [4.69, 9.17) is 4.52 Å². The number of benzene rings is 1. The van der Waals surface area contributed by atoms with Crippen molar-refractivity contribution in [2.45, 2.75) is 32.1 Å². The van der Waals surface area contributed by atoms with Crippen molar-refractivity contribution < 1.29 is 4.52 Å². The number of aryl methyl sites for hydroxylation is 1. The van der Waals surface area contributed by atoms with Crippen molar-refractivity contribution >= 4 is 11.8 Å². The highest BCUT2D eigenvalue weighted by molar-refractivity contribution is 7.99. The van der Waals surface area contributed by atoms with Gasteiger partial charge in [0.15, 0.2) is 0 Å². The van der Waals surface area contributed by atoms with Gasteiger partial charge < -0.3 is 4.52 Å². The number of hydrogen-bond acceptors (Lipinski definition) is 6. The van der Waals surface area contributed by atoms with E-state index in [1.165, 1.54) is 0 Å². The van der Waals surface area contributed by atoms with E-state index in [0.29, 0.717) is 23.5 Å². The molecule has 120 valence electrons. The Morgan fingerprint density at radius 1 is 1.26 bits per heavy atom. The smallest absolute Gasteiger partial charge is 0.223 e. The van der Waals surface area contributed by atoms with Gasteiger partial charge in [0.25, 0.3) is 0 Å². The summed E-state index contributed by atoms with van der Waals surface area (Å²) < 4.78 is 6.87. The van der Waals surface area contributed by atoms with Gasteiger partial charge in [0.05, 0.1) is 12.2 Å². The maximum atomic E-state index is 5.00. The van der Waals surface area contributed by atoms with E-state index < -0.39 is 0 Å². The van der Waals surface area contributed by atoms with E-state index in [9.17, 15) is 0 Å². The molecule has 6 nitrogen and oxygen atoms in total. The van der Waals surface area contributed by atoms with Gasteiger partial charge in [0.2, 0.25) is 11.7 Å². The van der Waals surface area contributed by atoms with Crippen LogP contribution in [0.15, 0.2) is 35.0 Å². The zero-order chi connectivity index (χ0) is 16.2. The molecule has 2 heterocycles. The Labute approximate surface area is 139 Å². The predicted molar refractivity (Wildman–Crippen MR) is 90.3 cm³/mol. The summed E-state index contributed by atoms with van der Waals surface area (Å²) >= 11 is 1.84. The Hall–Kier alpha value is -2.15. The van der Waals surface area contributed by atoms with Crippen molar-refractivity contribution in [2.75, 3.05) is 6.26 Å². The molecule has 0 N–H and O–H groups in total. The molecule has 7 heteroatoms. The van der Waals surface area contributed by atoms with Crippen molar-refractivity contribution in [2.24, 2.45) is 0 Å². The molecule has 0 radical (unpaired) electrons. The van der Waals surface area contributed by atoms with Gasteiger partial charge in [-0.15, -0.1) is 5.10 Å². The van der Waals surface area contributed by atoms with Gasteiger partial charge in [0, 0.05) is 30.4 Å². The Morgan fingerprint density at radius 3 is 2.70 bits per heavy atom. The fourth-order valence-corrected chi connectivity index (χ4v) is 2.59. The molecule has 0 saturated carbocycles. The predicted octanol–water partition coefficient (Wildman–Crippen LogP) is 2.98. The van der Waals surface area contributed by atoms with Gasteiger partial charge in [-0.2, -0.15) is 16.7 Å². The Bertz CT molecular complexity index is 765. The van der Waals surface area contributed by atoms with Crippen molar-refractivity contribution in [1.82, 2.24) is 25.1 Å². The summed E-state index contributed by atoms with van der Waals surface area (Å²) in [6.07, 6.45) is 5.07. The summed E-state index contributed by atoms with van der Waals surface area (Å²) in [5.74, 6) is 1.18. The third-order valence-corrected chi connectivity index (χ3v) is 4.54. The van der Waals surface area contributed by atoms with E-state index in [1.807, 2.05) is 46.9 Å². The first-order valence-corrected chi connectivity index (χ1v) is 8.74. The zero-order valence-electron chi connectivity index (χ0n) is 13.4. The molecule has 0 fully saturated rings. The van der Waals surface area contributed by atoms with Crippen LogP contribution in [0.5, 0.6) is 0 Å². The van der Waals surface area contributed by atoms with Crippen molar-refractivity contribution in [3.8, 4) is 11.4 Å². The third-order valence-electron chi connectivity index (χ3n) is 3.57. The maximum absolute atomic E-state index is 5.00. The molecule has 0 aliphatic heterocycles. The lowest BCUT2D eigenvalue weighted by atomic mass is 10.1. The molecule has 23 heavy (non-hydrogen) atoms. The molecule has 0 spiro atoms. The minimum Gasteiger partial charge on any atom is -0.339 e. The second-order valence-corrected chi connectivity index (χ2v) is 6.77. The lowest BCUT2D eigenvalue weighted by molar-refractivity contribution is 0.394. The van der Waals surface area contributed by atoms with E-state index in [1.54, 1.807) is 6.92 Å². The summed E-state index contributed by atoms with van der Waals surface area (Å²) in [7, 11) is 0. The maximum Gasteiger partial charge on any atom is 0.223 e. The highest BCUT2D eigenvalue weighted by atomic mass is 32.2. The lowest BCUT2D eigenvalue weighted by Crippen LogP contribution is -2.01. The summed E-state index contributed by atoms with van der Waals surface area (Å²) in [5.41, 5.74) is 3.13. The number of nitrogens with zero attached hydrogens (tertiary/aromatic N) is 5. The molecular formula is C16H19N5OS. The number of aromatic nitrogens is 5. The average molecular weight is 329 g/mol. The van der Waals surface area contributed by atoms with Crippen LogP contribution in [0.3, 0.4) is 0 Å². The van der Waals surface area contributed by atoms with Crippen molar-refractivity contribution in [3.05, 3.63) is 47.6 Å². The molecule has 2 aromatic heterocycles. The third kappa shape index (κ3) is 3.98. The summed E-state index contributed by atoms with van der Waals surface area (Å²) in [5, 5.41) is 12.9. The standard InChI is InChI=1S/C16H19N5OS/c1-11(23-3)8-15-10-21(20-18-15)9-13-4-6-14(7-5-13)16-17-12(2)22-19-16/h4-7,10-11H,8-9H2,1-3H3/t11-/m1/s1. The first kappa shape index (κ1) is 15.7. The van der Waals surface area contributed by atoms with Crippen molar-refractivity contribution in [1.29, 1.82) is 0 Å². The molecule has 3 rings (SSSR count). The Balaban J connectivity index is 1.66. The molecule has 0 aliphatic rings. The largest absolute Gasteiger partial charge is 0.339 e. The molecule has 1 aromatic carbocycles. The van der Waals surface area contributed by atoms with Crippen LogP contribution in [0.4, 0.5) is 0 Å². The molecule has 0 saturated heterocycles. The van der Waals surface area contributed by atoms with Crippen molar-refractivity contribution in [3.63, 3.8) is 0 Å². The minimum absolute atomic E-state index is 0.554. The average Bonchev–Trinajstić information content (AvgIpc) is 3.17. The highest BCUT2D eigenvalue weighted by Gasteiger charge is 2.08. The van der Waals surface area contributed by atoms with Crippen LogP contribution in [0.25, 0.3) is 11.4 Å². The Kier molecular flexibility index (Phi) is 4.76. The van der Waals surface area contributed by atoms with Gasteiger partial charge in [0.1, 0.15) is 0 Å². The zero-order valence-corrected chi connectivity index (χ0v) is 14.2. The summed E-state index contributed by atoms with van der Waals surface area (Å²) in [6, 6.07) is 8.08. The van der Waals surface area contributed by atoms with E-state index in [2.05, 4.69) is 33.6 Å². The van der Waals surface area contributed by atoms with Crippen LogP contribution < -0.4 is 0 Å². The number of hydrogen-bond donors (Lipinski definition) is 0. The normalized spacial score (nSPS) is 12.5. The molecule has 0 unspecified atom stereocenters. The fraction of sp³-hybridized carbons (Fsp3) is 0.375. The first-order chi connectivity index (χ1) is 11.1. The summed E-state index contributed by atoms with van der Waals surface area (Å²) in [6.45, 7) is 4.68. The van der Waals surface area contributed by atoms with Crippen LogP contribution in [-0.2, 0) is 13.0 Å². The van der Waals surface area contributed by atoms with Crippen LogP contribution in [0.2, 0.25) is 0 Å². The second-order valence-electron chi connectivity index (χ2n) is 5.49. The fourth-order valence-electron chi connectivity index (χ4n) is 2.25. The van der Waals surface area contributed by atoms with Gasteiger partial charge in [-0.25, -0.2) is 4.68 Å². The molecule has 0 aliphatic carbocycles. The van der Waals surface area contributed by atoms with Gasteiger partial charge >= 0.3 is 0 Å². The SMILES string of the molecule is CS[C@H](C)Cc1cn(Cc2ccc(-c3noc(C)n3)cc2)nn1. The highest BCUT2D eigenvalue weighted by Crippen LogP contribution is 2.17.